The number of carbonyl (C=O) groups excluding carboxylic acids is 1. The zero-order chi connectivity index (χ0) is 26.1. The van der Waals surface area contributed by atoms with Gasteiger partial charge in [-0.2, -0.15) is 5.10 Å². The number of aliphatic hydroxyl groups excluding tert-OH is 1. The van der Waals surface area contributed by atoms with Crippen molar-refractivity contribution in [2.45, 2.75) is 25.9 Å². The number of fused-ring (bicyclic) bond motifs is 1. The molecule has 0 bridgehead atoms. The molecule has 1 fully saturated rings. The van der Waals surface area contributed by atoms with E-state index in [4.69, 9.17) is 4.52 Å². The lowest BCUT2D eigenvalue weighted by molar-refractivity contribution is 0.101. The summed E-state index contributed by atoms with van der Waals surface area (Å²) in [4.78, 5) is 14.6. The highest BCUT2D eigenvalue weighted by molar-refractivity contribution is 6.02. The van der Waals surface area contributed by atoms with E-state index >= 15 is 0 Å². The number of rotatable bonds is 6. The summed E-state index contributed by atoms with van der Waals surface area (Å²) in [5.41, 5.74) is 5.94. The van der Waals surface area contributed by atoms with Crippen molar-refractivity contribution in [1.29, 1.82) is 0 Å². The van der Waals surface area contributed by atoms with Crippen LogP contribution in [-0.4, -0.2) is 45.1 Å². The van der Waals surface area contributed by atoms with E-state index < -0.39 is 0 Å². The zero-order valence-corrected chi connectivity index (χ0v) is 21.0. The Bertz CT molecular complexity index is 1560. The average molecular weight is 509 g/mol. The van der Waals surface area contributed by atoms with Gasteiger partial charge in [-0.05, 0) is 86.5 Å². The molecule has 2 aromatic heterocycles. The minimum Gasteiger partial charge on any atom is -0.393 e. The maximum Gasteiger partial charge on any atom is 0.277 e. The molecule has 9 heteroatoms. The maximum atomic E-state index is 12.3. The lowest BCUT2D eigenvalue weighted by Gasteiger charge is -2.31. The fourth-order valence-corrected chi connectivity index (χ4v) is 4.72. The molecule has 0 atom stereocenters. The molecule has 0 saturated carbocycles. The van der Waals surface area contributed by atoms with Gasteiger partial charge in [0.2, 0.25) is 0 Å². The minimum atomic E-state index is -0.319. The van der Waals surface area contributed by atoms with Crippen molar-refractivity contribution < 1.29 is 14.4 Å². The molecule has 9 nitrogen and oxygen atoms in total. The molecule has 1 amide bonds. The molecule has 5 aromatic rings. The highest BCUT2D eigenvalue weighted by Gasteiger charge is 2.17. The number of carbonyl (C=O) groups is 1. The largest absolute Gasteiger partial charge is 0.393 e. The Hall–Kier alpha value is -4.63. The number of anilines is 4. The molecule has 3 N–H and O–H groups in total. The summed E-state index contributed by atoms with van der Waals surface area (Å²) in [5.74, 6) is 0.266. The van der Waals surface area contributed by atoms with Gasteiger partial charge in [0.15, 0.2) is 5.69 Å². The normalized spacial score (nSPS) is 14.1. The molecule has 3 aromatic carbocycles. The second kappa shape index (κ2) is 10.0. The lowest BCUT2D eigenvalue weighted by Crippen LogP contribution is -2.35. The molecule has 38 heavy (non-hydrogen) atoms. The van der Waals surface area contributed by atoms with Crippen LogP contribution in [0.5, 0.6) is 0 Å². The third-order valence-electron chi connectivity index (χ3n) is 6.78. The van der Waals surface area contributed by atoms with Crippen LogP contribution in [0.4, 0.5) is 22.7 Å². The molecule has 1 aliphatic heterocycles. The van der Waals surface area contributed by atoms with Gasteiger partial charge in [-0.25, -0.2) is 4.68 Å². The first-order valence-corrected chi connectivity index (χ1v) is 12.6. The zero-order valence-electron chi connectivity index (χ0n) is 21.0. The second-order valence-electron chi connectivity index (χ2n) is 9.54. The van der Waals surface area contributed by atoms with E-state index in [-0.39, 0.29) is 17.7 Å². The van der Waals surface area contributed by atoms with Gasteiger partial charge in [-0.3, -0.25) is 4.79 Å². The van der Waals surface area contributed by atoms with Crippen LogP contribution in [0.15, 0.2) is 83.5 Å². The van der Waals surface area contributed by atoms with E-state index in [1.807, 2.05) is 47.3 Å². The van der Waals surface area contributed by atoms with Crippen molar-refractivity contribution in [2.75, 3.05) is 28.6 Å². The van der Waals surface area contributed by atoms with E-state index in [1.54, 1.807) is 13.0 Å². The number of benzene rings is 3. The fourth-order valence-electron chi connectivity index (χ4n) is 4.72. The van der Waals surface area contributed by atoms with E-state index in [1.165, 1.54) is 5.69 Å². The topological polar surface area (TPSA) is 108 Å². The van der Waals surface area contributed by atoms with Gasteiger partial charge in [-0.1, -0.05) is 5.16 Å². The van der Waals surface area contributed by atoms with Gasteiger partial charge in [0.05, 0.1) is 23.5 Å². The third kappa shape index (κ3) is 4.96. The van der Waals surface area contributed by atoms with Gasteiger partial charge in [0, 0.05) is 47.3 Å². The van der Waals surface area contributed by atoms with Crippen LogP contribution >= 0.6 is 0 Å². The van der Waals surface area contributed by atoms with Crippen LogP contribution in [0, 0.1) is 6.92 Å². The molecule has 1 saturated heterocycles. The summed E-state index contributed by atoms with van der Waals surface area (Å²) in [6.45, 7) is 3.51. The number of piperidine rings is 1. The highest BCUT2D eigenvalue weighted by Crippen LogP contribution is 2.27. The van der Waals surface area contributed by atoms with Crippen molar-refractivity contribution in [3.63, 3.8) is 0 Å². The number of aryl methyl sites for hydroxylation is 1. The number of aromatic nitrogens is 3. The standard InChI is InChI=1S/C29H28N6O3/c1-19-16-27(33-38-19)29(37)32-22-4-9-25(10-5-22)35-28-11-6-23(17-20(28)18-30-35)31-21-2-7-24(8-3-21)34-14-12-26(36)13-15-34/h2-11,16-18,26,31,36H,12-15H2,1H3,(H,32,37). The SMILES string of the molecule is Cc1cc(C(=O)Nc2ccc(-n3ncc4cc(Nc5ccc(N6CCC(O)CC6)cc5)ccc43)cc2)no1. The second-order valence-corrected chi connectivity index (χ2v) is 9.54. The van der Waals surface area contributed by atoms with Gasteiger partial charge in [0.25, 0.3) is 5.91 Å². The van der Waals surface area contributed by atoms with Crippen molar-refractivity contribution in [3.05, 3.63) is 90.4 Å². The molecular formula is C29H28N6O3. The number of amides is 1. The summed E-state index contributed by atoms with van der Waals surface area (Å²) >= 11 is 0. The van der Waals surface area contributed by atoms with Crippen LogP contribution < -0.4 is 15.5 Å². The van der Waals surface area contributed by atoms with Crippen molar-refractivity contribution >= 4 is 39.6 Å². The average Bonchev–Trinajstić information content (AvgIpc) is 3.56. The molecular weight excluding hydrogens is 480 g/mol. The number of hydrogen-bond donors (Lipinski definition) is 3. The quantitative estimate of drug-likeness (QED) is 0.286. The summed E-state index contributed by atoms with van der Waals surface area (Å²) in [7, 11) is 0. The first-order valence-electron chi connectivity index (χ1n) is 12.6. The van der Waals surface area contributed by atoms with Crippen LogP contribution in [0.2, 0.25) is 0 Å². The van der Waals surface area contributed by atoms with Crippen LogP contribution in [0.25, 0.3) is 16.6 Å². The van der Waals surface area contributed by atoms with Crippen molar-refractivity contribution in [3.8, 4) is 5.69 Å². The van der Waals surface area contributed by atoms with E-state index in [2.05, 4.69) is 56.1 Å². The van der Waals surface area contributed by atoms with Gasteiger partial charge in [0.1, 0.15) is 5.76 Å². The van der Waals surface area contributed by atoms with Crippen LogP contribution in [-0.2, 0) is 0 Å². The minimum absolute atomic E-state index is 0.172. The molecule has 1 aliphatic rings. The molecule has 0 spiro atoms. The molecule has 192 valence electrons. The van der Waals surface area contributed by atoms with Crippen molar-refractivity contribution in [2.24, 2.45) is 0 Å². The van der Waals surface area contributed by atoms with Gasteiger partial charge < -0.3 is 25.2 Å². The molecule has 0 aliphatic carbocycles. The Morgan fingerprint density at radius 1 is 0.921 bits per heavy atom. The molecule has 0 radical (unpaired) electrons. The summed E-state index contributed by atoms with van der Waals surface area (Å²) in [6.07, 6.45) is 3.31. The Kier molecular flexibility index (Phi) is 6.27. The Labute approximate surface area is 219 Å². The Morgan fingerprint density at radius 3 is 2.32 bits per heavy atom. The Morgan fingerprint density at radius 2 is 1.61 bits per heavy atom. The van der Waals surface area contributed by atoms with Crippen molar-refractivity contribution in [1.82, 2.24) is 14.9 Å². The molecule has 6 rings (SSSR count). The molecule has 0 unspecified atom stereocenters. The fraction of sp³-hybridized carbons (Fsp3) is 0.207. The predicted molar refractivity (Wildman–Crippen MR) is 147 cm³/mol. The third-order valence-corrected chi connectivity index (χ3v) is 6.78. The highest BCUT2D eigenvalue weighted by atomic mass is 16.5. The van der Waals surface area contributed by atoms with Crippen LogP contribution in [0.3, 0.4) is 0 Å². The lowest BCUT2D eigenvalue weighted by atomic mass is 10.1. The summed E-state index contributed by atoms with van der Waals surface area (Å²) < 4.78 is 6.84. The van der Waals surface area contributed by atoms with Crippen LogP contribution in [0.1, 0.15) is 29.1 Å². The number of nitrogens with zero attached hydrogens (tertiary/aromatic N) is 4. The van der Waals surface area contributed by atoms with Gasteiger partial charge in [-0.15, -0.1) is 0 Å². The smallest absolute Gasteiger partial charge is 0.277 e. The summed E-state index contributed by atoms with van der Waals surface area (Å²) in [5, 5.41) is 25.4. The molecule has 3 heterocycles. The monoisotopic (exact) mass is 508 g/mol. The Balaban J connectivity index is 1.13. The first-order chi connectivity index (χ1) is 18.5. The maximum absolute atomic E-state index is 12.3. The number of nitrogens with one attached hydrogen (secondary N) is 2. The van der Waals surface area contributed by atoms with Gasteiger partial charge >= 0.3 is 0 Å². The van der Waals surface area contributed by atoms with E-state index in [0.717, 1.165) is 53.9 Å². The first kappa shape index (κ1) is 23.7. The summed E-state index contributed by atoms with van der Waals surface area (Å²) in [6, 6.07) is 23.6. The van der Waals surface area contributed by atoms with E-state index in [9.17, 15) is 9.90 Å². The number of hydrogen-bond acceptors (Lipinski definition) is 7. The number of aliphatic hydroxyl groups is 1. The predicted octanol–water partition coefficient (Wildman–Crippen LogP) is 5.28. The van der Waals surface area contributed by atoms with E-state index in [0.29, 0.717) is 11.4 Å².